The second kappa shape index (κ2) is 5.70. The lowest BCUT2D eigenvalue weighted by molar-refractivity contribution is -0.140. The second-order valence-corrected chi connectivity index (χ2v) is 4.27. The van der Waals surface area contributed by atoms with Crippen molar-refractivity contribution in [2.45, 2.75) is 12.7 Å². The molecule has 0 aliphatic carbocycles. The van der Waals surface area contributed by atoms with Gasteiger partial charge in [0.2, 0.25) is 0 Å². The fraction of sp³-hybridized carbons (Fsp3) is 0.364. The predicted molar refractivity (Wildman–Crippen MR) is 59.4 cm³/mol. The quantitative estimate of drug-likeness (QED) is 0.811. The number of hydrogen-bond donors (Lipinski definition) is 1. The van der Waals surface area contributed by atoms with E-state index in [1.807, 2.05) is 18.2 Å². The van der Waals surface area contributed by atoms with E-state index in [0.29, 0.717) is 5.75 Å². The fourth-order valence-corrected chi connectivity index (χ4v) is 2.04. The summed E-state index contributed by atoms with van der Waals surface area (Å²) in [7, 11) is 0. The van der Waals surface area contributed by atoms with Gasteiger partial charge >= 0.3 is 5.97 Å². The third-order valence-corrected chi connectivity index (χ3v) is 3.17. The summed E-state index contributed by atoms with van der Waals surface area (Å²) in [5, 5.41) is 8.67. The second-order valence-electron chi connectivity index (χ2n) is 3.24. The van der Waals surface area contributed by atoms with Gasteiger partial charge < -0.3 is 5.11 Å². The molecular formula is C11H14O2S. The molecule has 1 N–H and O–H groups in total. The van der Waals surface area contributed by atoms with Crippen molar-refractivity contribution in [2.75, 3.05) is 5.75 Å². The molecule has 0 aliphatic rings. The monoisotopic (exact) mass is 210 g/mol. The lowest BCUT2D eigenvalue weighted by atomic mass is 10.2. The normalized spacial score (nSPS) is 12.4. The van der Waals surface area contributed by atoms with Gasteiger partial charge in [-0.05, 0) is 5.56 Å². The molecule has 2 nitrogen and oxygen atoms in total. The van der Waals surface area contributed by atoms with Gasteiger partial charge in [0.1, 0.15) is 0 Å². The summed E-state index contributed by atoms with van der Waals surface area (Å²) < 4.78 is 0. The molecule has 1 atom stereocenters. The van der Waals surface area contributed by atoms with Crippen LogP contribution in [0.4, 0.5) is 0 Å². The van der Waals surface area contributed by atoms with Crippen LogP contribution in [0.5, 0.6) is 0 Å². The van der Waals surface area contributed by atoms with Crippen molar-refractivity contribution in [1.29, 1.82) is 0 Å². The molecule has 0 heterocycles. The average Bonchev–Trinajstić information content (AvgIpc) is 2.19. The zero-order valence-electron chi connectivity index (χ0n) is 8.14. The zero-order chi connectivity index (χ0) is 10.4. The largest absolute Gasteiger partial charge is 0.481 e. The topological polar surface area (TPSA) is 37.3 Å². The Kier molecular flexibility index (Phi) is 4.53. The molecule has 14 heavy (non-hydrogen) atoms. The van der Waals surface area contributed by atoms with Gasteiger partial charge in [-0.3, -0.25) is 4.79 Å². The molecule has 0 amide bonds. The molecule has 0 fully saturated rings. The van der Waals surface area contributed by atoms with Crippen LogP contribution in [0.1, 0.15) is 12.5 Å². The molecule has 0 radical (unpaired) electrons. The molecule has 76 valence electrons. The number of benzene rings is 1. The van der Waals surface area contributed by atoms with Crippen molar-refractivity contribution in [3.8, 4) is 0 Å². The molecule has 3 heteroatoms. The molecule has 0 bridgehead atoms. The zero-order valence-corrected chi connectivity index (χ0v) is 8.96. The van der Waals surface area contributed by atoms with Gasteiger partial charge in [-0.15, -0.1) is 0 Å². The maximum atomic E-state index is 10.5. The van der Waals surface area contributed by atoms with Crippen molar-refractivity contribution in [2.24, 2.45) is 5.92 Å². The van der Waals surface area contributed by atoms with E-state index in [0.717, 1.165) is 5.75 Å². The van der Waals surface area contributed by atoms with E-state index < -0.39 is 5.97 Å². The molecular weight excluding hydrogens is 196 g/mol. The highest BCUT2D eigenvalue weighted by Crippen LogP contribution is 2.15. The Balaban J connectivity index is 2.26. The molecule has 0 aliphatic heterocycles. The van der Waals surface area contributed by atoms with Crippen molar-refractivity contribution in [3.63, 3.8) is 0 Å². The Morgan fingerprint density at radius 1 is 1.43 bits per heavy atom. The Labute approximate surface area is 88.3 Å². The van der Waals surface area contributed by atoms with Crippen LogP contribution in [-0.4, -0.2) is 16.8 Å². The maximum Gasteiger partial charge on any atom is 0.307 e. The van der Waals surface area contributed by atoms with Gasteiger partial charge in [-0.25, -0.2) is 0 Å². The molecule has 1 unspecified atom stereocenters. The van der Waals surface area contributed by atoms with Gasteiger partial charge in [0.25, 0.3) is 0 Å². The van der Waals surface area contributed by atoms with Crippen LogP contribution < -0.4 is 0 Å². The van der Waals surface area contributed by atoms with Gasteiger partial charge in [-0.2, -0.15) is 11.8 Å². The van der Waals surface area contributed by atoms with E-state index in [4.69, 9.17) is 5.11 Å². The van der Waals surface area contributed by atoms with Gasteiger partial charge in [-0.1, -0.05) is 37.3 Å². The van der Waals surface area contributed by atoms with Crippen LogP contribution in [0.3, 0.4) is 0 Å². The molecule has 0 saturated heterocycles. The van der Waals surface area contributed by atoms with Crippen molar-refractivity contribution < 1.29 is 9.90 Å². The summed E-state index contributed by atoms with van der Waals surface area (Å²) in [4.78, 5) is 10.5. The number of hydrogen-bond acceptors (Lipinski definition) is 2. The van der Waals surface area contributed by atoms with Crippen molar-refractivity contribution in [1.82, 2.24) is 0 Å². The van der Waals surface area contributed by atoms with E-state index in [2.05, 4.69) is 12.1 Å². The van der Waals surface area contributed by atoms with Gasteiger partial charge in [0.15, 0.2) is 0 Å². The van der Waals surface area contributed by atoms with E-state index in [-0.39, 0.29) is 5.92 Å². The summed E-state index contributed by atoms with van der Waals surface area (Å²) in [6.07, 6.45) is 0. The molecule has 1 aromatic rings. The summed E-state index contributed by atoms with van der Waals surface area (Å²) in [5.41, 5.74) is 1.25. The highest BCUT2D eigenvalue weighted by Gasteiger charge is 2.09. The molecule has 0 spiro atoms. The van der Waals surface area contributed by atoms with Gasteiger partial charge in [0, 0.05) is 11.5 Å². The first-order valence-electron chi connectivity index (χ1n) is 4.54. The number of carboxylic acid groups (broad SMARTS) is 1. The lowest BCUT2D eigenvalue weighted by Crippen LogP contribution is -2.11. The number of aliphatic carboxylic acids is 1. The third kappa shape index (κ3) is 3.83. The maximum absolute atomic E-state index is 10.5. The Bertz CT molecular complexity index is 285. The summed E-state index contributed by atoms with van der Waals surface area (Å²) in [6, 6.07) is 10.1. The molecule has 1 aromatic carbocycles. The van der Waals surface area contributed by atoms with E-state index in [1.165, 1.54) is 5.56 Å². The van der Waals surface area contributed by atoms with Crippen molar-refractivity contribution in [3.05, 3.63) is 35.9 Å². The van der Waals surface area contributed by atoms with Crippen LogP contribution in [0.2, 0.25) is 0 Å². The first-order chi connectivity index (χ1) is 6.70. The lowest BCUT2D eigenvalue weighted by Gasteiger charge is -2.05. The third-order valence-electron chi connectivity index (χ3n) is 1.90. The minimum Gasteiger partial charge on any atom is -0.481 e. The standard InChI is InChI=1S/C11H14O2S/c1-9(11(12)13)7-14-8-10-5-3-2-4-6-10/h2-6,9H,7-8H2,1H3,(H,12,13). The van der Waals surface area contributed by atoms with Crippen molar-refractivity contribution >= 4 is 17.7 Å². The smallest absolute Gasteiger partial charge is 0.307 e. The van der Waals surface area contributed by atoms with Crippen LogP contribution in [0.15, 0.2) is 30.3 Å². The Morgan fingerprint density at radius 2 is 2.07 bits per heavy atom. The van der Waals surface area contributed by atoms with Crippen LogP contribution >= 0.6 is 11.8 Å². The first kappa shape index (κ1) is 11.1. The summed E-state index contributed by atoms with van der Waals surface area (Å²) in [6.45, 7) is 1.74. The summed E-state index contributed by atoms with van der Waals surface area (Å²) >= 11 is 1.66. The summed E-state index contributed by atoms with van der Waals surface area (Å²) in [5.74, 6) is 0.581. The molecule has 0 saturated carbocycles. The minimum absolute atomic E-state index is 0.260. The van der Waals surface area contributed by atoms with E-state index >= 15 is 0 Å². The van der Waals surface area contributed by atoms with Crippen LogP contribution in [-0.2, 0) is 10.5 Å². The molecule has 1 rings (SSSR count). The fourth-order valence-electron chi connectivity index (χ4n) is 0.999. The average molecular weight is 210 g/mol. The number of carbonyl (C=O) groups is 1. The van der Waals surface area contributed by atoms with Crippen LogP contribution in [0, 0.1) is 5.92 Å². The van der Waals surface area contributed by atoms with E-state index in [1.54, 1.807) is 18.7 Å². The highest BCUT2D eigenvalue weighted by atomic mass is 32.2. The highest BCUT2D eigenvalue weighted by molar-refractivity contribution is 7.98. The first-order valence-corrected chi connectivity index (χ1v) is 5.70. The predicted octanol–water partition coefficient (Wildman–Crippen LogP) is 2.64. The Morgan fingerprint density at radius 3 is 2.64 bits per heavy atom. The van der Waals surface area contributed by atoms with E-state index in [9.17, 15) is 4.79 Å². The SMILES string of the molecule is CC(CSCc1ccccc1)C(=O)O. The minimum atomic E-state index is -0.717. The van der Waals surface area contributed by atoms with Crippen LogP contribution in [0.25, 0.3) is 0 Å². The Hall–Kier alpha value is -0.960. The number of thioether (sulfide) groups is 1. The number of rotatable bonds is 5. The number of carboxylic acids is 1. The van der Waals surface area contributed by atoms with Gasteiger partial charge in [0.05, 0.1) is 5.92 Å². The molecule has 0 aromatic heterocycles.